The summed E-state index contributed by atoms with van der Waals surface area (Å²) in [5.41, 5.74) is 0.351. The maximum Gasteiger partial charge on any atom is 0.349 e. The van der Waals surface area contributed by atoms with Crippen molar-refractivity contribution in [1.82, 2.24) is 0 Å². The predicted octanol–water partition coefficient (Wildman–Crippen LogP) is 0.519. The Morgan fingerprint density at radius 3 is 3.00 bits per heavy atom. The maximum atomic E-state index is 10.9. The number of rotatable bonds is 0. The summed E-state index contributed by atoms with van der Waals surface area (Å²) in [6.45, 7) is 0. The number of cyclic esters (lactones) is 2. The second-order valence-electron chi connectivity index (χ2n) is 2.20. The monoisotopic (exact) mass is 152 g/mol. The first kappa shape index (κ1) is 6.15. The average Bonchev–Trinajstić information content (AvgIpc) is 2.34. The fraction of sp³-hybridized carbons (Fsp3) is 0.143. The summed E-state index contributed by atoms with van der Waals surface area (Å²) in [4.78, 5) is 21.5. The van der Waals surface area contributed by atoms with Crippen LogP contribution in [0.25, 0.3) is 0 Å². The second kappa shape index (κ2) is 1.95. The van der Waals surface area contributed by atoms with Crippen molar-refractivity contribution in [2.24, 2.45) is 0 Å². The maximum absolute atomic E-state index is 10.9. The average molecular weight is 152 g/mol. The predicted molar refractivity (Wildman–Crippen MR) is 32.8 cm³/mol. The number of furan rings is 1. The molecule has 0 fully saturated rings. The summed E-state index contributed by atoms with van der Waals surface area (Å²) >= 11 is 0. The molecule has 0 atom stereocenters. The van der Waals surface area contributed by atoms with E-state index in [9.17, 15) is 9.59 Å². The molecular formula is C7H4O4. The van der Waals surface area contributed by atoms with Crippen LogP contribution in [0, 0.1) is 0 Å². The van der Waals surface area contributed by atoms with Crippen LogP contribution in [0.3, 0.4) is 0 Å². The third-order valence-electron chi connectivity index (χ3n) is 1.48. The zero-order valence-corrected chi connectivity index (χ0v) is 5.49. The summed E-state index contributed by atoms with van der Waals surface area (Å²) in [6, 6.07) is 1.49. The van der Waals surface area contributed by atoms with E-state index in [1.807, 2.05) is 0 Å². The van der Waals surface area contributed by atoms with E-state index in [1.54, 1.807) is 0 Å². The summed E-state index contributed by atoms with van der Waals surface area (Å²) in [5.74, 6) is -0.784. The SMILES string of the molecule is O=C1Cc2occc2C(=O)O1. The summed E-state index contributed by atoms with van der Waals surface area (Å²) in [6.07, 6.45) is 1.42. The van der Waals surface area contributed by atoms with Gasteiger partial charge in [-0.1, -0.05) is 0 Å². The van der Waals surface area contributed by atoms with Crippen LogP contribution >= 0.6 is 0 Å². The molecule has 1 aromatic heterocycles. The summed E-state index contributed by atoms with van der Waals surface area (Å²) < 4.78 is 9.21. The van der Waals surface area contributed by atoms with Gasteiger partial charge in [0, 0.05) is 0 Å². The third-order valence-corrected chi connectivity index (χ3v) is 1.48. The molecule has 0 saturated carbocycles. The lowest BCUT2D eigenvalue weighted by molar-refractivity contribution is -0.138. The molecule has 1 aliphatic rings. The van der Waals surface area contributed by atoms with Crippen molar-refractivity contribution in [1.29, 1.82) is 0 Å². The van der Waals surface area contributed by atoms with Gasteiger partial charge in [0.2, 0.25) is 0 Å². The molecule has 56 valence electrons. The Morgan fingerprint density at radius 1 is 1.36 bits per heavy atom. The van der Waals surface area contributed by atoms with Crippen LogP contribution in [-0.2, 0) is 16.0 Å². The fourth-order valence-electron chi connectivity index (χ4n) is 0.985. The fourth-order valence-corrected chi connectivity index (χ4v) is 0.985. The van der Waals surface area contributed by atoms with Crippen molar-refractivity contribution in [3.05, 3.63) is 23.7 Å². The van der Waals surface area contributed by atoms with E-state index in [2.05, 4.69) is 4.74 Å². The lowest BCUT2D eigenvalue weighted by Gasteiger charge is -2.06. The van der Waals surface area contributed by atoms with Crippen LogP contribution in [0.15, 0.2) is 16.7 Å². The molecule has 0 aromatic carbocycles. The van der Waals surface area contributed by atoms with Crippen LogP contribution in [0.4, 0.5) is 0 Å². The van der Waals surface area contributed by atoms with E-state index in [0.717, 1.165) is 0 Å². The lowest BCUT2D eigenvalue weighted by atomic mass is 10.2. The molecule has 0 saturated heterocycles. The van der Waals surface area contributed by atoms with Crippen molar-refractivity contribution in [2.75, 3.05) is 0 Å². The van der Waals surface area contributed by atoms with Gasteiger partial charge in [0.1, 0.15) is 17.7 Å². The van der Waals surface area contributed by atoms with Gasteiger partial charge in [0.25, 0.3) is 0 Å². The molecule has 0 aliphatic carbocycles. The standard InChI is InChI=1S/C7H4O4/c8-6-3-5-4(1-2-10-5)7(9)11-6/h1-2H,3H2. The topological polar surface area (TPSA) is 56.5 Å². The van der Waals surface area contributed by atoms with Crippen molar-refractivity contribution in [2.45, 2.75) is 6.42 Å². The minimum Gasteiger partial charge on any atom is -0.468 e. The highest BCUT2D eigenvalue weighted by atomic mass is 16.6. The van der Waals surface area contributed by atoms with Crippen molar-refractivity contribution >= 4 is 11.9 Å². The number of fused-ring (bicyclic) bond motifs is 1. The number of carbonyl (C=O) groups is 2. The molecule has 4 heteroatoms. The molecule has 1 aliphatic heterocycles. The molecule has 0 unspecified atom stereocenters. The smallest absolute Gasteiger partial charge is 0.349 e. The first-order valence-electron chi connectivity index (χ1n) is 3.09. The highest BCUT2D eigenvalue weighted by molar-refractivity contribution is 6.01. The van der Waals surface area contributed by atoms with Crippen molar-refractivity contribution in [3.63, 3.8) is 0 Å². The first-order valence-corrected chi connectivity index (χ1v) is 3.09. The molecular weight excluding hydrogens is 148 g/mol. The van der Waals surface area contributed by atoms with Gasteiger partial charge < -0.3 is 9.15 Å². The van der Waals surface area contributed by atoms with Crippen LogP contribution < -0.4 is 0 Å². The molecule has 0 radical (unpaired) electrons. The van der Waals surface area contributed by atoms with E-state index in [4.69, 9.17) is 4.42 Å². The highest BCUT2D eigenvalue weighted by Gasteiger charge is 2.26. The number of hydrogen-bond acceptors (Lipinski definition) is 4. The van der Waals surface area contributed by atoms with Gasteiger partial charge in [0.05, 0.1) is 6.26 Å². The molecule has 0 N–H and O–H groups in total. The normalized spacial score (nSPS) is 16.0. The Balaban J connectivity index is 2.52. The second-order valence-corrected chi connectivity index (χ2v) is 2.20. The summed E-state index contributed by atoms with van der Waals surface area (Å²) in [5, 5.41) is 0. The Labute approximate surface area is 61.8 Å². The van der Waals surface area contributed by atoms with Crippen molar-refractivity contribution < 1.29 is 18.7 Å². The van der Waals surface area contributed by atoms with E-state index in [1.165, 1.54) is 12.3 Å². The molecule has 11 heavy (non-hydrogen) atoms. The Morgan fingerprint density at radius 2 is 2.18 bits per heavy atom. The Kier molecular flexibility index (Phi) is 1.09. The minimum absolute atomic E-state index is 0.0497. The van der Waals surface area contributed by atoms with Gasteiger partial charge in [-0.3, -0.25) is 4.79 Å². The number of carbonyl (C=O) groups excluding carboxylic acids is 2. The van der Waals surface area contributed by atoms with Gasteiger partial charge in [0.15, 0.2) is 0 Å². The molecule has 4 nitrogen and oxygen atoms in total. The minimum atomic E-state index is -0.620. The zero-order chi connectivity index (χ0) is 7.84. The largest absolute Gasteiger partial charge is 0.468 e. The zero-order valence-electron chi connectivity index (χ0n) is 5.49. The highest BCUT2D eigenvalue weighted by Crippen LogP contribution is 2.17. The molecule has 0 amide bonds. The van der Waals surface area contributed by atoms with E-state index in [-0.39, 0.29) is 6.42 Å². The first-order chi connectivity index (χ1) is 5.27. The van der Waals surface area contributed by atoms with Gasteiger partial charge in [-0.15, -0.1) is 0 Å². The quantitative estimate of drug-likeness (QED) is 0.401. The summed E-state index contributed by atoms with van der Waals surface area (Å²) in [7, 11) is 0. The number of esters is 2. The van der Waals surface area contributed by atoms with Crippen LogP contribution in [0.2, 0.25) is 0 Å². The van der Waals surface area contributed by atoms with Gasteiger partial charge >= 0.3 is 11.9 Å². The Bertz CT molecular complexity index is 323. The molecule has 2 rings (SSSR count). The molecule has 2 heterocycles. The molecule has 1 aromatic rings. The number of hydrogen-bond donors (Lipinski definition) is 0. The Hall–Kier alpha value is -1.58. The lowest BCUT2D eigenvalue weighted by Crippen LogP contribution is -2.21. The van der Waals surface area contributed by atoms with Crippen LogP contribution in [0.1, 0.15) is 16.1 Å². The van der Waals surface area contributed by atoms with Crippen LogP contribution in [-0.4, -0.2) is 11.9 Å². The van der Waals surface area contributed by atoms with E-state index < -0.39 is 11.9 Å². The number of ether oxygens (including phenoxy) is 1. The van der Waals surface area contributed by atoms with Gasteiger partial charge in [-0.25, -0.2) is 4.79 Å². The third kappa shape index (κ3) is 0.832. The molecule has 0 spiro atoms. The van der Waals surface area contributed by atoms with Crippen LogP contribution in [0.5, 0.6) is 0 Å². The van der Waals surface area contributed by atoms with Gasteiger partial charge in [-0.2, -0.15) is 0 Å². The van der Waals surface area contributed by atoms with Gasteiger partial charge in [-0.05, 0) is 6.07 Å². The van der Waals surface area contributed by atoms with E-state index >= 15 is 0 Å². The van der Waals surface area contributed by atoms with E-state index in [0.29, 0.717) is 11.3 Å². The molecule has 0 bridgehead atoms. The van der Waals surface area contributed by atoms with Crippen molar-refractivity contribution in [3.8, 4) is 0 Å².